The van der Waals surface area contributed by atoms with Crippen molar-refractivity contribution in [3.8, 4) is 5.75 Å². The highest BCUT2D eigenvalue weighted by Gasteiger charge is 2.15. The van der Waals surface area contributed by atoms with E-state index in [4.69, 9.17) is 4.74 Å². The quantitative estimate of drug-likeness (QED) is 0.589. The van der Waals surface area contributed by atoms with Gasteiger partial charge in [-0.2, -0.15) is 5.10 Å². The Labute approximate surface area is 164 Å². The number of ether oxygens (including phenoxy) is 1. The van der Waals surface area contributed by atoms with Crippen LogP contribution in [0.1, 0.15) is 18.4 Å². The molecular formula is C21H25FN4O2. The van der Waals surface area contributed by atoms with E-state index in [-0.39, 0.29) is 18.3 Å². The van der Waals surface area contributed by atoms with Crippen LogP contribution in [0, 0.1) is 5.82 Å². The van der Waals surface area contributed by atoms with Gasteiger partial charge in [0.2, 0.25) is 0 Å². The van der Waals surface area contributed by atoms with Crippen molar-refractivity contribution >= 4 is 23.5 Å². The molecule has 1 amide bonds. The van der Waals surface area contributed by atoms with E-state index in [0.717, 1.165) is 31.6 Å². The second-order valence-corrected chi connectivity index (χ2v) is 6.88. The maximum absolute atomic E-state index is 14.3. The van der Waals surface area contributed by atoms with Crippen molar-refractivity contribution < 1.29 is 13.9 Å². The molecule has 1 heterocycles. The second-order valence-electron chi connectivity index (χ2n) is 6.88. The molecule has 1 aliphatic heterocycles. The van der Waals surface area contributed by atoms with Gasteiger partial charge in [0.25, 0.3) is 5.91 Å². The summed E-state index contributed by atoms with van der Waals surface area (Å²) in [6, 6.07) is 12.4. The molecule has 7 heteroatoms. The summed E-state index contributed by atoms with van der Waals surface area (Å²) in [6.07, 6.45) is 3.60. The third kappa shape index (κ3) is 5.22. The monoisotopic (exact) mass is 384 g/mol. The van der Waals surface area contributed by atoms with Gasteiger partial charge in [0.1, 0.15) is 11.6 Å². The zero-order valence-corrected chi connectivity index (χ0v) is 16.2. The number of hydrogen-bond acceptors (Lipinski definition) is 5. The molecule has 1 N–H and O–H groups in total. The minimum Gasteiger partial charge on any atom is -0.484 e. The first-order valence-electron chi connectivity index (χ1n) is 9.29. The SMILES string of the molecule is CN(C)c1cccc(OCC(=O)N/N=C/c2ccc(N3CCCC3)c(F)c2)c1. The van der Waals surface area contributed by atoms with Crippen LogP contribution < -0.4 is 20.0 Å². The lowest BCUT2D eigenvalue weighted by molar-refractivity contribution is -0.123. The third-order valence-electron chi connectivity index (χ3n) is 4.53. The smallest absolute Gasteiger partial charge is 0.277 e. The highest BCUT2D eigenvalue weighted by molar-refractivity contribution is 5.83. The topological polar surface area (TPSA) is 57.2 Å². The number of benzene rings is 2. The molecule has 2 aromatic carbocycles. The Morgan fingerprint density at radius 3 is 2.75 bits per heavy atom. The normalized spacial score (nSPS) is 13.8. The summed E-state index contributed by atoms with van der Waals surface area (Å²) in [4.78, 5) is 15.9. The first kappa shape index (κ1) is 19.7. The molecule has 0 unspecified atom stereocenters. The van der Waals surface area contributed by atoms with Crippen LogP contribution in [0.3, 0.4) is 0 Å². The van der Waals surface area contributed by atoms with E-state index in [1.54, 1.807) is 18.2 Å². The third-order valence-corrected chi connectivity index (χ3v) is 4.53. The van der Waals surface area contributed by atoms with Crippen molar-refractivity contribution in [3.05, 3.63) is 53.8 Å². The lowest BCUT2D eigenvalue weighted by Crippen LogP contribution is -2.24. The van der Waals surface area contributed by atoms with Crippen molar-refractivity contribution in [2.45, 2.75) is 12.8 Å². The Balaban J connectivity index is 1.49. The molecule has 148 valence electrons. The van der Waals surface area contributed by atoms with Crippen LogP contribution in [0.4, 0.5) is 15.8 Å². The average molecular weight is 384 g/mol. The van der Waals surface area contributed by atoms with Crippen molar-refractivity contribution in [2.75, 3.05) is 43.6 Å². The number of nitrogens with zero attached hydrogens (tertiary/aromatic N) is 3. The van der Waals surface area contributed by atoms with Gasteiger partial charge in [-0.05, 0) is 42.7 Å². The lowest BCUT2D eigenvalue weighted by Gasteiger charge is -2.18. The van der Waals surface area contributed by atoms with Crippen LogP contribution in [0.2, 0.25) is 0 Å². The summed E-state index contributed by atoms with van der Waals surface area (Å²) < 4.78 is 19.7. The molecule has 3 rings (SSSR count). The second kappa shape index (κ2) is 9.21. The molecule has 1 saturated heterocycles. The molecule has 28 heavy (non-hydrogen) atoms. The number of carbonyl (C=O) groups excluding carboxylic acids is 1. The van der Waals surface area contributed by atoms with E-state index in [2.05, 4.69) is 10.5 Å². The first-order valence-corrected chi connectivity index (χ1v) is 9.29. The molecule has 0 saturated carbocycles. The number of hydrazone groups is 1. The van der Waals surface area contributed by atoms with Gasteiger partial charge in [0.05, 0.1) is 11.9 Å². The standard InChI is InChI=1S/C21H25FN4O2/c1-25(2)17-6-5-7-18(13-17)28-15-21(27)24-23-14-16-8-9-20(19(22)12-16)26-10-3-4-11-26/h5-9,12-14H,3-4,10-11,15H2,1-2H3,(H,24,27)/b23-14+. The molecule has 1 aliphatic rings. The molecule has 0 radical (unpaired) electrons. The van der Waals surface area contributed by atoms with Crippen molar-refractivity contribution in [1.82, 2.24) is 5.43 Å². The van der Waals surface area contributed by atoms with Crippen LogP contribution in [0.15, 0.2) is 47.6 Å². The van der Waals surface area contributed by atoms with Gasteiger partial charge in [-0.15, -0.1) is 0 Å². The first-order chi connectivity index (χ1) is 13.5. The number of amides is 1. The molecule has 0 aromatic heterocycles. The molecule has 0 spiro atoms. The zero-order chi connectivity index (χ0) is 19.9. The van der Waals surface area contributed by atoms with Gasteiger partial charge in [-0.3, -0.25) is 4.79 Å². The maximum Gasteiger partial charge on any atom is 0.277 e. The Bertz CT molecular complexity index is 848. The Hall–Kier alpha value is -3.09. The molecule has 1 fully saturated rings. The number of hydrogen-bond donors (Lipinski definition) is 1. The minimum absolute atomic E-state index is 0.156. The Kier molecular flexibility index (Phi) is 6.47. The van der Waals surface area contributed by atoms with Gasteiger partial charge in [0.15, 0.2) is 6.61 Å². The van der Waals surface area contributed by atoms with Crippen LogP contribution in [-0.2, 0) is 4.79 Å². The summed E-state index contributed by atoms with van der Waals surface area (Å²) in [5.74, 6) is -0.0631. The summed E-state index contributed by atoms with van der Waals surface area (Å²) in [6.45, 7) is 1.62. The van der Waals surface area contributed by atoms with Gasteiger partial charge in [-0.25, -0.2) is 9.82 Å². The van der Waals surface area contributed by atoms with Crippen LogP contribution >= 0.6 is 0 Å². The Morgan fingerprint density at radius 2 is 2.04 bits per heavy atom. The van der Waals surface area contributed by atoms with E-state index in [1.807, 2.05) is 42.1 Å². The van der Waals surface area contributed by atoms with Crippen molar-refractivity contribution in [1.29, 1.82) is 0 Å². The fraction of sp³-hybridized carbons (Fsp3) is 0.333. The predicted octanol–water partition coefficient (Wildman–Crippen LogP) is 3.02. The van der Waals surface area contributed by atoms with Gasteiger partial charge in [-0.1, -0.05) is 12.1 Å². The highest BCUT2D eigenvalue weighted by atomic mass is 19.1. The van der Waals surface area contributed by atoms with Gasteiger partial charge >= 0.3 is 0 Å². The van der Waals surface area contributed by atoms with Crippen LogP contribution in [0.25, 0.3) is 0 Å². The fourth-order valence-corrected chi connectivity index (χ4v) is 3.03. The van der Waals surface area contributed by atoms with Gasteiger partial charge in [0, 0.05) is 38.9 Å². The summed E-state index contributed by atoms with van der Waals surface area (Å²) in [5.41, 5.74) is 4.57. The summed E-state index contributed by atoms with van der Waals surface area (Å²) in [7, 11) is 3.86. The van der Waals surface area contributed by atoms with E-state index in [0.29, 0.717) is 17.0 Å². The molecular weight excluding hydrogens is 359 g/mol. The molecule has 0 atom stereocenters. The van der Waals surface area contributed by atoms with E-state index in [9.17, 15) is 9.18 Å². The fourth-order valence-electron chi connectivity index (χ4n) is 3.03. The lowest BCUT2D eigenvalue weighted by atomic mass is 10.2. The zero-order valence-electron chi connectivity index (χ0n) is 16.2. The maximum atomic E-state index is 14.3. The average Bonchev–Trinajstić information content (AvgIpc) is 3.21. The summed E-state index contributed by atoms with van der Waals surface area (Å²) >= 11 is 0. The van der Waals surface area contributed by atoms with Crippen LogP contribution in [0.5, 0.6) is 5.75 Å². The molecule has 2 aromatic rings. The van der Waals surface area contributed by atoms with Crippen molar-refractivity contribution in [3.63, 3.8) is 0 Å². The number of rotatable bonds is 7. The minimum atomic E-state index is -0.388. The van der Waals surface area contributed by atoms with E-state index in [1.165, 1.54) is 12.3 Å². The molecule has 0 aliphatic carbocycles. The number of nitrogens with one attached hydrogen (secondary N) is 1. The predicted molar refractivity (Wildman–Crippen MR) is 110 cm³/mol. The summed E-state index contributed by atoms with van der Waals surface area (Å²) in [5, 5.41) is 3.87. The largest absolute Gasteiger partial charge is 0.484 e. The number of carbonyl (C=O) groups is 1. The number of halogens is 1. The van der Waals surface area contributed by atoms with E-state index < -0.39 is 0 Å². The highest BCUT2D eigenvalue weighted by Crippen LogP contribution is 2.24. The van der Waals surface area contributed by atoms with Crippen molar-refractivity contribution in [2.24, 2.45) is 5.10 Å². The molecule has 6 nitrogen and oxygen atoms in total. The Morgan fingerprint density at radius 1 is 1.25 bits per heavy atom. The number of anilines is 2. The van der Waals surface area contributed by atoms with E-state index >= 15 is 0 Å². The van der Waals surface area contributed by atoms with Crippen LogP contribution in [-0.4, -0.2) is 45.9 Å². The van der Waals surface area contributed by atoms with Gasteiger partial charge < -0.3 is 14.5 Å². The molecule has 0 bridgehead atoms.